The fourth-order valence-corrected chi connectivity index (χ4v) is 4.41. The summed E-state index contributed by atoms with van der Waals surface area (Å²) in [4.78, 5) is 19.6. The van der Waals surface area contributed by atoms with E-state index in [-0.39, 0.29) is 5.92 Å². The van der Waals surface area contributed by atoms with Gasteiger partial charge in [0.05, 0.1) is 17.1 Å². The Hall–Kier alpha value is -2.94. The first kappa shape index (κ1) is 18.1. The van der Waals surface area contributed by atoms with Gasteiger partial charge in [0, 0.05) is 37.6 Å². The third-order valence-corrected chi connectivity index (χ3v) is 6.13. The van der Waals surface area contributed by atoms with E-state index in [9.17, 15) is 4.79 Å². The minimum Gasteiger partial charge on any atom is -0.465 e. The van der Waals surface area contributed by atoms with E-state index < -0.39 is 6.09 Å². The van der Waals surface area contributed by atoms with Crippen LogP contribution in [0.2, 0.25) is 0 Å². The van der Waals surface area contributed by atoms with E-state index in [1.165, 1.54) is 4.90 Å². The second-order valence-electron chi connectivity index (χ2n) is 7.81. The first-order chi connectivity index (χ1) is 14.1. The van der Waals surface area contributed by atoms with Crippen LogP contribution in [-0.4, -0.2) is 73.1 Å². The van der Waals surface area contributed by atoms with E-state index in [4.69, 9.17) is 9.63 Å². The molecule has 1 amide bonds. The van der Waals surface area contributed by atoms with Gasteiger partial charge in [0.2, 0.25) is 5.89 Å². The van der Waals surface area contributed by atoms with Crippen LogP contribution in [0, 0.1) is 0 Å². The Morgan fingerprint density at radius 2 is 2.00 bits per heavy atom. The van der Waals surface area contributed by atoms with Crippen LogP contribution in [0.4, 0.5) is 4.79 Å². The third-order valence-electron chi connectivity index (χ3n) is 6.13. The van der Waals surface area contributed by atoms with Gasteiger partial charge in [-0.3, -0.25) is 4.90 Å². The van der Waals surface area contributed by atoms with Crippen molar-refractivity contribution >= 4 is 17.0 Å². The van der Waals surface area contributed by atoms with Crippen molar-refractivity contribution in [1.82, 2.24) is 29.7 Å². The van der Waals surface area contributed by atoms with E-state index in [2.05, 4.69) is 33.1 Å². The Morgan fingerprint density at radius 3 is 2.72 bits per heavy atom. The molecule has 2 saturated heterocycles. The first-order valence-corrected chi connectivity index (χ1v) is 10.2. The molecule has 9 heteroatoms. The topological polar surface area (TPSA) is 101 Å². The molecule has 0 radical (unpaired) electrons. The molecule has 2 aliphatic rings. The van der Waals surface area contributed by atoms with Crippen molar-refractivity contribution in [3.63, 3.8) is 0 Å². The van der Waals surface area contributed by atoms with Crippen molar-refractivity contribution in [2.45, 2.75) is 38.1 Å². The molecule has 29 heavy (non-hydrogen) atoms. The monoisotopic (exact) mass is 396 g/mol. The van der Waals surface area contributed by atoms with E-state index in [1.807, 2.05) is 18.2 Å². The van der Waals surface area contributed by atoms with Gasteiger partial charge in [-0.05, 0) is 30.5 Å². The van der Waals surface area contributed by atoms with Gasteiger partial charge in [0.15, 0.2) is 0 Å². The summed E-state index contributed by atoms with van der Waals surface area (Å²) in [5, 5.41) is 19.0. The number of carbonyl (C=O) groups is 1. The summed E-state index contributed by atoms with van der Waals surface area (Å²) in [6.07, 6.45) is 1.79. The Balaban J connectivity index is 1.26. The molecule has 0 spiro atoms. The van der Waals surface area contributed by atoms with Gasteiger partial charge in [-0.15, -0.1) is 0 Å². The van der Waals surface area contributed by atoms with Gasteiger partial charge in [0.1, 0.15) is 0 Å². The second kappa shape index (κ2) is 7.14. The van der Waals surface area contributed by atoms with Crippen LogP contribution in [-0.2, 0) is 6.42 Å². The van der Waals surface area contributed by atoms with E-state index >= 15 is 0 Å². The summed E-state index contributed by atoms with van der Waals surface area (Å²) in [6.45, 7) is 5.06. The maximum atomic E-state index is 11.1. The molecule has 1 aromatic carbocycles. The van der Waals surface area contributed by atoms with Crippen molar-refractivity contribution in [1.29, 1.82) is 0 Å². The van der Waals surface area contributed by atoms with Gasteiger partial charge in [-0.25, -0.2) is 4.79 Å². The standard InChI is InChI=1S/C20H24N6O3/c1-2-16-15-5-3-4-6-17(15)26(22-16)19-21-18(29-23-19)13-11-25(12-13)14-7-9-24(10-8-14)20(27)28/h3-6,13-14H,2,7-12H2,1H3,(H,27,28). The van der Waals surface area contributed by atoms with Crippen LogP contribution >= 0.6 is 0 Å². The molecule has 0 bridgehead atoms. The molecule has 0 atom stereocenters. The number of carboxylic acid groups (broad SMARTS) is 1. The Bertz CT molecular complexity index is 1030. The van der Waals surface area contributed by atoms with Crippen LogP contribution in [0.5, 0.6) is 0 Å². The van der Waals surface area contributed by atoms with Crippen molar-refractivity contribution in [2.75, 3.05) is 26.2 Å². The number of aryl methyl sites for hydroxylation is 1. The molecule has 152 valence electrons. The van der Waals surface area contributed by atoms with Crippen LogP contribution in [0.25, 0.3) is 16.9 Å². The fourth-order valence-electron chi connectivity index (χ4n) is 4.41. The molecule has 2 aromatic heterocycles. The number of amides is 1. The van der Waals surface area contributed by atoms with Gasteiger partial charge in [-0.1, -0.05) is 25.1 Å². The molecular formula is C20H24N6O3. The molecule has 9 nitrogen and oxygen atoms in total. The molecule has 0 saturated carbocycles. The van der Waals surface area contributed by atoms with Gasteiger partial charge in [0.25, 0.3) is 5.95 Å². The normalized spacial score (nSPS) is 19.0. The predicted octanol–water partition coefficient (Wildman–Crippen LogP) is 2.51. The summed E-state index contributed by atoms with van der Waals surface area (Å²) < 4.78 is 7.33. The summed E-state index contributed by atoms with van der Waals surface area (Å²) in [5.41, 5.74) is 2.01. The summed E-state index contributed by atoms with van der Waals surface area (Å²) in [6, 6.07) is 8.52. The van der Waals surface area contributed by atoms with Crippen molar-refractivity contribution < 1.29 is 14.4 Å². The Morgan fingerprint density at radius 1 is 1.24 bits per heavy atom. The minimum atomic E-state index is -0.819. The number of aromatic nitrogens is 4. The molecule has 4 heterocycles. The molecule has 3 aromatic rings. The number of fused-ring (bicyclic) bond motifs is 1. The Labute approximate surface area is 167 Å². The largest absolute Gasteiger partial charge is 0.465 e. The number of para-hydroxylation sites is 1. The lowest BCUT2D eigenvalue weighted by molar-refractivity contribution is 0.0381. The third kappa shape index (κ3) is 3.15. The van der Waals surface area contributed by atoms with E-state index in [1.54, 1.807) is 4.68 Å². The van der Waals surface area contributed by atoms with E-state index in [0.717, 1.165) is 48.9 Å². The van der Waals surface area contributed by atoms with Crippen molar-refractivity contribution in [3.05, 3.63) is 35.9 Å². The number of nitrogens with zero attached hydrogens (tertiary/aromatic N) is 6. The zero-order valence-corrected chi connectivity index (χ0v) is 16.4. The second-order valence-corrected chi connectivity index (χ2v) is 7.81. The summed E-state index contributed by atoms with van der Waals surface area (Å²) in [5.74, 6) is 1.35. The van der Waals surface area contributed by atoms with Crippen LogP contribution < -0.4 is 0 Å². The zero-order valence-electron chi connectivity index (χ0n) is 16.4. The average molecular weight is 396 g/mol. The highest BCUT2D eigenvalue weighted by Gasteiger charge is 2.38. The van der Waals surface area contributed by atoms with Crippen molar-refractivity contribution in [3.8, 4) is 5.95 Å². The molecule has 0 unspecified atom stereocenters. The molecular weight excluding hydrogens is 372 g/mol. The lowest BCUT2D eigenvalue weighted by atomic mass is 9.93. The highest BCUT2D eigenvalue weighted by molar-refractivity contribution is 5.83. The molecule has 2 aliphatic heterocycles. The SMILES string of the molecule is CCc1nn(-c2noc(C3CN(C4CCN(C(=O)O)CC4)C3)n2)c2ccccc12. The average Bonchev–Trinajstić information content (AvgIpc) is 3.32. The van der Waals surface area contributed by atoms with E-state index in [0.29, 0.717) is 31.0 Å². The summed E-state index contributed by atoms with van der Waals surface area (Å²) >= 11 is 0. The number of hydrogen-bond donors (Lipinski definition) is 1. The molecule has 1 N–H and O–H groups in total. The molecule has 5 rings (SSSR count). The predicted molar refractivity (Wildman–Crippen MR) is 105 cm³/mol. The quantitative estimate of drug-likeness (QED) is 0.723. The number of piperidine rings is 1. The summed E-state index contributed by atoms with van der Waals surface area (Å²) in [7, 11) is 0. The maximum absolute atomic E-state index is 11.1. The Kier molecular flexibility index (Phi) is 4.46. The maximum Gasteiger partial charge on any atom is 0.407 e. The van der Waals surface area contributed by atoms with Crippen LogP contribution in [0.15, 0.2) is 28.8 Å². The van der Waals surface area contributed by atoms with Gasteiger partial charge >= 0.3 is 6.09 Å². The zero-order chi connectivity index (χ0) is 20.0. The fraction of sp³-hybridized carbons (Fsp3) is 0.500. The first-order valence-electron chi connectivity index (χ1n) is 10.2. The van der Waals surface area contributed by atoms with Crippen molar-refractivity contribution in [2.24, 2.45) is 0 Å². The number of benzene rings is 1. The number of rotatable bonds is 4. The highest BCUT2D eigenvalue weighted by atomic mass is 16.5. The van der Waals surface area contributed by atoms with Gasteiger partial charge in [-0.2, -0.15) is 14.8 Å². The number of likely N-dealkylation sites (tertiary alicyclic amines) is 2. The van der Waals surface area contributed by atoms with Crippen LogP contribution in [0.1, 0.15) is 37.3 Å². The lowest BCUT2D eigenvalue weighted by Gasteiger charge is -2.45. The number of hydrogen-bond acceptors (Lipinski definition) is 6. The molecule has 0 aliphatic carbocycles. The smallest absolute Gasteiger partial charge is 0.407 e. The molecule has 2 fully saturated rings. The minimum absolute atomic E-state index is 0.223. The highest BCUT2D eigenvalue weighted by Crippen LogP contribution is 2.31. The lowest BCUT2D eigenvalue weighted by Crippen LogP contribution is -2.54. The van der Waals surface area contributed by atoms with Gasteiger partial charge < -0.3 is 14.5 Å². The van der Waals surface area contributed by atoms with Crippen LogP contribution in [0.3, 0.4) is 0 Å².